The van der Waals surface area contributed by atoms with Crippen LogP contribution in [0, 0.1) is 13.8 Å². The van der Waals surface area contributed by atoms with Gasteiger partial charge in [0.15, 0.2) is 0 Å². The number of benzene rings is 1. The number of ether oxygens (including phenoxy) is 1. The van der Waals surface area contributed by atoms with E-state index in [1.165, 1.54) is 10.5 Å². The standard InChI is InChI=1S/C23H28N2O3S/c1-15-13-17(14-20-21(26)24(11-12-28-6)22(27)29-20)16(2)25(15)19-9-7-18(8-10-19)23(3,4)5/h7-10,13-14H,11-12H2,1-6H3/b20-14+. The summed E-state index contributed by atoms with van der Waals surface area (Å²) in [5, 5.41) is -0.245. The predicted octanol–water partition coefficient (Wildman–Crippen LogP) is 5.07. The summed E-state index contributed by atoms with van der Waals surface area (Å²) < 4.78 is 7.17. The number of nitrogens with zero attached hydrogens (tertiary/aromatic N) is 2. The SMILES string of the molecule is COCCN1C(=O)S/C(=C/c2cc(C)n(-c3ccc(C(C)(C)C)cc3)c2C)C1=O. The maximum atomic E-state index is 12.6. The van der Waals surface area contributed by atoms with Gasteiger partial charge in [0.2, 0.25) is 0 Å². The summed E-state index contributed by atoms with van der Waals surface area (Å²) in [6, 6.07) is 10.6. The highest BCUT2D eigenvalue weighted by atomic mass is 32.2. The summed E-state index contributed by atoms with van der Waals surface area (Å²) in [6.07, 6.45) is 1.82. The van der Waals surface area contributed by atoms with Gasteiger partial charge in [-0.15, -0.1) is 0 Å². The topological polar surface area (TPSA) is 51.5 Å². The molecular weight excluding hydrogens is 384 g/mol. The lowest BCUT2D eigenvalue weighted by Gasteiger charge is -2.20. The van der Waals surface area contributed by atoms with Crippen molar-refractivity contribution in [3.63, 3.8) is 0 Å². The zero-order chi connectivity index (χ0) is 21.3. The van der Waals surface area contributed by atoms with E-state index in [1.807, 2.05) is 19.9 Å². The number of methoxy groups -OCH3 is 1. The van der Waals surface area contributed by atoms with Gasteiger partial charge in [-0.2, -0.15) is 0 Å². The maximum absolute atomic E-state index is 12.6. The molecule has 5 nitrogen and oxygen atoms in total. The van der Waals surface area contributed by atoms with Gasteiger partial charge in [-0.25, -0.2) is 0 Å². The molecule has 0 N–H and O–H groups in total. The zero-order valence-electron chi connectivity index (χ0n) is 17.9. The van der Waals surface area contributed by atoms with Crippen LogP contribution < -0.4 is 0 Å². The summed E-state index contributed by atoms with van der Waals surface area (Å²) >= 11 is 0.985. The molecule has 2 heterocycles. The molecule has 1 fully saturated rings. The van der Waals surface area contributed by atoms with Crippen molar-refractivity contribution in [1.82, 2.24) is 9.47 Å². The summed E-state index contributed by atoms with van der Waals surface area (Å²) in [5.41, 5.74) is 5.54. The molecule has 154 valence electrons. The van der Waals surface area contributed by atoms with E-state index in [0.29, 0.717) is 11.5 Å². The van der Waals surface area contributed by atoms with Gasteiger partial charge in [-0.1, -0.05) is 32.9 Å². The third-order valence-corrected chi connectivity index (χ3v) is 6.05. The number of carbonyl (C=O) groups is 2. The summed E-state index contributed by atoms with van der Waals surface area (Å²) in [4.78, 5) is 26.4. The summed E-state index contributed by atoms with van der Waals surface area (Å²) in [6.45, 7) is 11.3. The molecule has 0 saturated carbocycles. The average Bonchev–Trinajstić information content (AvgIpc) is 3.08. The third-order valence-electron chi connectivity index (χ3n) is 5.14. The highest BCUT2D eigenvalue weighted by molar-refractivity contribution is 8.18. The molecule has 2 aromatic rings. The molecule has 1 aromatic heterocycles. The quantitative estimate of drug-likeness (QED) is 0.643. The van der Waals surface area contributed by atoms with Crippen LogP contribution in [0.1, 0.15) is 43.3 Å². The number of imide groups is 1. The second-order valence-corrected chi connectivity index (χ2v) is 9.28. The largest absolute Gasteiger partial charge is 0.383 e. The van der Waals surface area contributed by atoms with Crippen LogP contribution in [0.3, 0.4) is 0 Å². The van der Waals surface area contributed by atoms with Crippen LogP contribution >= 0.6 is 11.8 Å². The molecule has 6 heteroatoms. The van der Waals surface area contributed by atoms with Crippen LogP contribution in [0.15, 0.2) is 35.2 Å². The van der Waals surface area contributed by atoms with Crippen LogP contribution in [-0.4, -0.2) is 40.9 Å². The average molecular weight is 413 g/mol. The Morgan fingerprint density at radius 1 is 1.10 bits per heavy atom. The molecule has 0 radical (unpaired) electrons. The van der Waals surface area contributed by atoms with Gasteiger partial charge in [-0.3, -0.25) is 14.5 Å². The van der Waals surface area contributed by atoms with E-state index in [0.717, 1.165) is 34.4 Å². The van der Waals surface area contributed by atoms with Gasteiger partial charge in [-0.05, 0) is 66.4 Å². The number of aromatic nitrogens is 1. The van der Waals surface area contributed by atoms with Crippen LogP contribution in [0.4, 0.5) is 4.79 Å². The Balaban J connectivity index is 1.91. The molecule has 0 spiro atoms. The van der Waals surface area contributed by atoms with Crippen LogP contribution in [0.2, 0.25) is 0 Å². The Morgan fingerprint density at radius 3 is 2.34 bits per heavy atom. The van der Waals surface area contributed by atoms with Crippen molar-refractivity contribution in [2.75, 3.05) is 20.3 Å². The maximum Gasteiger partial charge on any atom is 0.293 e. The molecule has 0 unspecified atom stereocenters. The number of carbonyl (C=O) groups excluding carboxylic acids is 2. The lowest BCUT2D eigenvalue weighted by molar-refractivity contribution is -0.123. The minimum absolute atomic E-state index is 0.107. The summed E-state index contributed by atoms with van der Waals surface area (Å²) in [7, 11) is 1.55. The highest BCUT2D eigenvalue weighted by Crippen LogP contribution is 2.34. The molecular formula is C23H28N2O3S. The number of aryl methyl sites for hydroxylation is 1. The Hall–Kier alpha value is -2.31. The van der Waals surface area contributed by atoms with Gasteiger partial charge in [0.1, 0.15) is 0 Å². The van der Waals surface area contributed by atoms with E-state index < -0.39 is 0 Å². The molecule has 29 heavy (non-hydrogen) atoms. The minimum atomic E-state index is -0.253. The van der Waals surface area contributed by atoms with E-state index in [2.05, 4.69) is 55.7 Å². The normalized spacial score (nSPS) is 16.3. The first-order chi connectivity index (χ1) is 13.6. The van der Waals surface area contributed by atoms with Crippen LogP contribution in [0.25, 0.3) is 11.8 Å². The Bertz CT molecular complexity index is 965. The fraction of sp³-hybridized carbons (Fsp3) is 0.391. The summed E-state index contributed by atoms with van der Waals surface area (Å²) in [5.74, 6) is -0.253. The van der Waals surface area contributed by atoms with Crippen molar-refractivity contribution in [1.29, 1.82) is 0 Å². The first kappa shape index (κ1) is 21.4. The lowest BCUT2D eigenvalue weighted by atomic mass is 9.87. The van der Waals surface area contributed by atoms with Crippen molar-refractivity contribution in [2.24, 2.45) is 0 Å². The molecule has 2 amide bonds. The molecule has 0 atom stereocenters. The predicted molar refractivity (Wildman–Crippen MR) is 118 cm³/mol. The van der Waals surface area contributed by atoms with Crippen molar-refractivity contribution < 1.29 is 14.3 Å². The number of hydrogen-bond donors (Lipinski definition) is 0. The van der Waals surface area contributed by atoms with Gasteiger partial charge in [0.05, 0.1) is 18.1 Å². The van der Waals surface area contributed by atoms with Crippen molar-refractivity contribution >= 4 is 29.0 Å². The number of thioether (sulfide) groups is 1. The first-order valence-corrected chi connectivity index (χ1v) is 10.5. The fourth-order valence-electron chi connectivity index (χ4n) is 3.46. The van der Waals surface area contributed by atoms with Crippen LogP contribution in [0.5, 0.6) is 0 Å². The third kappa shape index (κ3) is 4.33. The van der Waals surface area contributed by atoms with E-state index in [9.17, 15) is 9.59 Å². The Morgan fingerprint density at radius 2 is 1.76 bits per heavy atom. The number of hydrogen-bond acceptors (Lipinski definition) is 4. The highest BCUT2D eigenvalue weighted by Gasteiger charge is 2.34. The molecule has 0 aliphatic carbocycles. The van der Waals surface area contributed by atoms with E-state index in [4.69, 9.17) is 4.74 Å². The van der Waals surface area contributed by atoms with Crippen molar-refractivity contribution in [2.45, 2.75) is 40.0 Å². The molecule has 1 aliphatic heterocycles. The first-order valence-electron chi connectivity index (χ1n) is 9.67. The molecule has 1 aliphatic rings. The molecule has 1 saturated heterocycles. The van der Waals surface area contributed by atoms with Gasteiger partial charge in [0, 0.05) is 24.2 Å². The van der Waals surface area contributed by atoms with Gasteiger partial charge in [0.25, 0.3) is 11.1 Å². The zero-order valence-corrected chi connectivity index (χ0v) is 18.7. The fourth-order valence-corrected chi connectivity index (χ4v) is 4.31. The van der Waals surface area contributed by atoms with E-state index in [-0.39, 0.29) is 23.1 Å². The lowest BCUT2D eigenvalue weighted by Crippen LogP contribution is -2.31. The molecule has 1 aromatic carbocycles. The van der Waals surface area contributed by atoms with Gasteiger partial charge >= 0.3 is 0 Å². The van der Waals surface area contributed by atoms with Gasteiger partial charge < -0.3 is 9.30 Å². The van der Waals surface area contributed by atoms with Crippen LogP contribution in [-0.2, 0) is 14.9 Å². The monoisotopic (exact) mass is 412 g/mol. The second kappa shape index (κ2) is 8.20. The Kier molecular flexibility index (Phi) is 6.05. The minimum Gasteiger partial charge on any atom is -0.383 e. The Labute approximate surface area is 176 Å². The second-order valence-electron chi connectivity index (χ2n) is 8.28. The van der Waals surface area contributed by atoms with Crippen molar-refractivity contribution in [3.8, 4) is 5.69 Å². The van der Waals surface area contributed by atoms with E-state index in [1.54, 1.807) is 7.11 Å². The molecule has 3 rings (SSSR count). The number of amides is 2. The van der Waals surface area contributed by atoms with Crippen molar-refractivity contribution in [3.05, 3.63) is 57.8 Å². The van der Waals surface area contributed by atoms with E-state index >= 15 is 0 Å². The number of rotatable bonds is 5. The molecule has 0 bridgehead atoms. The smallest absolute Gasteiger partial charge is 0.293 e.